The lowest BCUT2D eigenvalue weighted by atomic mass is 9.99. The highest BCUT2D eigenvalue weighted by Gasteiger charge is 2.36. The van der Waals surface area contributed by atoms with Crippen molar-refractivity contribution in [3.8, 4) is 0 Å². The summed E-state index contributed by atoms with van der Waals surface area (Å²) >= 11 is 1.62. The summed E-state index contributed by atoms with van der Waals surface area (Å²) in [6, 6.07) is 10.2. The predicted molar refractivity (Wildman–Crippen MR) is 84.3 cm³/mol. The molecule has 0 aliphatic carbocycles. The SMILES string of the molecule is C[C@@H]1CN(C(=O)CSCCc2ccccc2)C[C@H]1C(=O)O. The highest BCUT2D eigenvalue weighted by molar-refractivity contribution is 7.99. The highest BCUT2D eigenvalue weighted by atomic mass is 32.2. The van der Waals surface area contributed by atoms with Crippen molar-refractivity contribution in [2.75, 3.05) is 24.6 Å². The molecule has 1 fully saturated rings. The molecule has 5 heteroatoms. The normalized spacial score (nSPS) is 21.5. The molecule has 1 saturated heterocycles. The molecular formula is C16H21NO3S. The molecule has 0 saturated carbocycles. The molecule has 0 bridgehead atoms. The van der Waals surface area contributed by atoms with Gasteiger partial charge in [0.25, 0.3) is 0 Å². The molecule has 1 aromatic carbocycles. The number of rotatable bonds is 6. The lowest BCUT2D eigenvalue weighted by molar-refractivity contribution is -0.142. The minimum atomic E-state index is -0.797. The van der Waals surface area contributed by atoms with E-state index >= 15 is 0 Å². The van der Waals surface area contributed by atoms with Gasteiger partial charge in [0.15, 0.2) is 0 Å². The van der Waals surface area contributed by atoms with Crippen LogP contribution in [0.4, 0.5) is 0 Å². The van der Waals surface area contributed by atoms with E-state index in [-0.39, 0.29) is 11.8 Å². The number of carbonyl (C=O) groups is 2. The summed E-state index contributed by atoms with van der Waals surface area (Å²) < 4.78 is 0. The van der Waals surface area contributed by atoms with Gasteiger partial charge in [0.1, 0.15) is 0 Å². The van der Waals surface area contributed by atoms with Crippen molar-refractivity contribution in [3.05, 3.63) is 35.9 Å². The van der Waals surface area contributed by atoms with Crippen LogP contribution < -0.4 is 0 Å². The second-order valence-corrected chi connectivity index (χ2v) is 6.61. The van der Waals surface area contributed by atoms with Crippen LogP contribution >= 0.6 is 11.8 Å². The number of benzene rings is 1. The quantitative estimate of drug-likeness (QED) is 0.818. The van der Waals surface area contributed by atoms with Crippen molar-refractivity contribution in [3.63, 3.8) is 0 Å². The summed E-state index contributed by atoms with van der Waals surface area (Å²) in [5, 5.41) is 9.08. The maximum absolute atomic E-state index is 12.1. The van der Waals surface area contributed by atoms with E-state index in [2.05, 4.69) is 12.1 Å². The monoisotopic (exact) mass is 307 g/mol. The third-order valence-electron chi connectivity index (χ3n) is 3.89. The molecular weight excluding hydrogens is 286 g/mol. The third kappa shape index (κ3) is 4.49. The van der Waals surface area contributed by atoms with Gasteiger partial charge in [-0.15, -0.1) is 0 Å². The molecule has 0 radical (unpaired) electrons. The van der Waals surface area contributed by atoms with Crippen molar-refractivity contribution < 1.29 is 14.7 Å². The van der Waals surface area contributed by atoms with Gasteiger partial charge >= 0.3 is 5.97 Å². The Balaban J connectivity index is 1.69. The number of carboxylic acids is 1. The first-order valence-electron chi connectivity index (χ1n) is 7.20. The first-order chi connectivity index (χ1) is 10.1. The number of likely N-dealkylation sites (tertiary alicyclic amines) is 1. The number of amides is 1. The van der Waals surface area contributed by atoms with Gasteiger partial charge in [-0.3, -0.25) is 9.59 Å². The van der Waals surface area contributed by atoms with Crippen LogP contribution in [0.2, 0.25) is 0 Å². The minimum absolute atomic E-state index is 0.0424. The van der Waals surface area contributed by atoms with Crippen molar-refractivity contribution in [1.82, 2.24) is 4.90 Å². The van der Waals surface area contributed by atoms with Crippen LogP contribution in [0, 0.1) is 11.8 Å². The Hall–Kier alpha value is -1.49. The summed E-state index contributed by atoms with van der Waals surface area (Å²) in [5.41, 5.74) is 1.28. The zero-order valence-corrected chi connectivity index (χ0v) is 13.0. The summed E-state index contributed by atoms with van der Waals surface area (Å²) in [7, 11) is 0. The number of thioether (sulfide) groups is 1. The topological polar surface area (TPSA) is 57.6 Å². The van der Waals surface area contributed by atoms with E-state index in [0.717, 1.165) is 12.2 Å². The zero-order chi connectivity index (χ0) is 15.2. The van der Waals surface area contributed by atoms with Crippen LogP contribution in [0.15, 0.2) is 30.3 Å². The number of nitrogens with zero attached hydrogens (tertiary/aromatic N) is 1. The highest BCUT2D eigenvalue weighted by Crippen LogP contribution is 2.23. The number of carboxylic acid groups (broad SMARTS) is 1. The van der Waals surface area contributed by atoms with Gasteiger partial charge in [-0.25, -0.2) is 0 Å². The lowest BCUT2D eigenvalue weighted by Gasteiger charge is -2.15. The van der Waals surface area contributed by atoms with Gasteiger partial charge in [0.05, 0.1) is 11.7 Å². The first-order valence-corrected chi connectivity index (χ1v) is 8.35. The Kier molecular flexibility index (Phi) is 5.67. The Morgan fingerprint density at radius 2 is 2.00 bits per heavy atom. The second kappa shape index (κ2) is 7.50. The predicted octanol–water partition coefficient (Wildman–Crippen LogP) is 2.14. The van der Waals surface area contributed by atoms with Gasteiger partial charge in [0, 0.05) is 13.1 Å². The largest absolute Gasteiger partial charge is 0.481 e. The maximum atomic E-state index is 12.1. The summed E-state index contributed by atoms with van der Waals surface area (Å²) in [6.07, 6.45) is 0.951. The van der Waals surface area contributed by atoms with Crippen LogP contribution in [0.5, 0.6) is 0 Å². The Labute approximate surface area is 129 Å². The van der Waals surface area contributed by atoms with E-state index in [0.29, 0.717) is 18.8 Å². The van der Waals surface area contributed by atoms with Crippen molar-refractivity contribution in [2.24, 2.45) is 11.8 Å². The number of hydrogen-bond acceptors (Lipinski definition) is 3. The van der Waals surface area contributed by atoms with Gasteiger partial charge in [-0.2, -0.15) is 11.8 Å². The van der Waals surface area contributed by atoms with Crippen LogP contribution in [0.3, 0.4) is 0 Å². The smallest absolute Gasteiger partial charge is 0.308 e. The Bertz CT molecular complexity index is 492. The van der Waals surface area contributed by atoms with Crippen LogP contribution in [0.1, 0.15) is 12.5 Å². The van der Waals surface area contributed by atoms with Crippen molar-refractivity contribution in [1.29, 1.82) is 0 Å². The molecule has 1 aliphatic rings. The Morgan fingerprint density at radius 3 is 2.62 bits per heavy atom. The van der Waals surface area contributed by atoms with Crippen molar-refractivity contribution in [2.45, 2.75) is 13.3 Å². The van der Waals surface area contributed by atoms with Crippen LogP contribution in [-0.2, 0) is 16.0 Å². The fourth-order valence-corrected chi connectivity index (χ4v) is 3.46. The number of hydrogen-bond donors (Lipinski definition) is 1. The van der Waals surface area contributed by atoms with Gasteiger partial charge in [0.2, 0.25) is 5.91 Å². The number of aryl methyl sites for hydroxylation is 1. The van der Waals surface area contributed by atoms with E-state index in [4.69, 9.17) is 5.11 Å². The molecule has 0 aromatic heterocycles. The molecule has 2 atom stereocenters. The van der Waals surface area contributed by atoms with Crippen molar-refractivity contribution >= 4 is 23.6 Å². The van der Waals surface area contributed by atoms with Crippen LogP contribution in [0.25, 0.3) is 0 Å². The van der Waals surface area contributed by atoms with E-state index in [1.165, 1.54) is 5.56 Å². The first kappa shape index (κ1) is 15.9. The summed E-state index contributed by atoms with van der Waals surface area (Å²) in [6.45, 7) is 2.82. The summed E-state index contributed by atoms with van der Waals surface area (Å²) in [5.74, 6) is 0.232. The van der Waals surface area contributed by atoms with E-state index in [9.17, 15) is 9.59 Å². The molecule has 1 heterocycles. The molecule has 0 unspecified atom stereocenters. The molecule has 4 nitrogen and oxygen atoms in total. The molecule has 1 aliphatic heterocycles. The number of aliphatic carboxylic acids is 1. The standard InChI is InChI=1S/C16H21NO3S/c1-12-9-17(10-14(12)16(19)20)15(18)11-21-8-7-13-5-3-2-4-6-13/h2-6,12,14H,7-11H2,1H3,(H,19,20)/t12-,14-/m1/s1. The fourth-order valence-electron chi connectivity index (χ4n) is 2.58. The molecule has 1 aromatic rings. The second-order valence-electron chi connectivity index (χ2n) is 5.51. The van der Waals surface area contributed by atoms with Gasteiger partial charge in [-0.05, 0) is 23.7 Å². The molecule has 2 rings (SSSR count). The van der Waals surface area contributed by atoms with Crippen LogP contribution in [-0.4, -0.2) is 46.5 Å². The van der Waals surface area contributed by atoms with E-state index in [1.807, 2.05) is 25.1 Å². The maximum Gasteiger partial charge on any atom is 0.308 e. The molecule has 1 amide bonds. The molecule has 1 N–H and O–H groups in total. The third-order valence-corrected chi connectivity index (χ3v) is 4.83. The average molecular weight is 307 g/mol. The Morgan fingerprint density at radius 1 is 1.29 bits per heavy atom. The summed E-state index contributed by atoms with van der Waals surface area (Å²) in [4.78, 5) is 24.8. The van der Waals surface area contributed by atoms with E-state index in [1.54, 1.807) is 16.7 Å². The number of carbonyl (C=O) groups excluding carboxylic acids is 1. The van der Waals surface area contributed by atoms with Gasteiger partial charge < -0.3 is 10.0 Å². The lowest BCUT2D eigenvalue weighted by Crippen LogP contribution is -2.31. The van der Waals surface area contributed by atoms with E-state index < -0.39 is 11.9 Å². The average Bonchev–Trinajstić information content (AvgIpc) is 2.87. The zero-order valence-electron chi connectivity index (χ0n) is 12.2. The molecule has 114 valence electrons. The fraction of sp³-hybridized carbons (Fsp3) is 0.500. The minimum Gasteiger partial charge on any atom is -0.481 e. The molecule has 0 spiro atoms. The van der Waals surface area contributed by atoms with Gasteiger partial charge in [-0.1, -0.05) is 37.3 Å². The molecule has 21 heavy (non-hydrogen) atoms.